The van der Waals surface area contributed by atoms with Crippen LogP contribution in [-0.4, -0.2) is 66.7 Å². The van der Waals surface area contributed by atoms with Crippen molar-refractivity contribution in [3.8, 4) is 0 Å². The van der Waals surface area contributed by atoms with Gasteiger partial charge >= 0.3 is 0 Å². The van der Waals surface area contributed by atoms with Crippen molar-refractivity contribution in [2.45, 2.75) is 63.2 Å². The van der Waals surface area contributed by atoms with E-state index in [1.54, 1.807) is 0 Å². The van der Waals surface area contributed by atoms with E-state index in [2.05, 4.69) is 4.90 Å². The summed E-state index contributed by atoms with van der Waals surface area (Å²) in [6.45, 7) is 4.45. The second-order valence-corrected chi connectivity index (χ2v) is 6.71. The molecule has 0 bridgehead atoms. The Balaban J connectivity index is 1.51. The Morgan fingerprint density at radius 1 is 1.00 bits per heavy atom. The number of nitrogens with two attached hydrogens (primary N) is 1. The Morgan fingerprint density at radius 2 is 1.81 bits per heavy atom. The van der Waals surface area contributed by atoms with E-state index in [4.69, 9.17) is 10.5 Å². The zero-order valence-corrected chi connectivity index (χ0v) is 13.0. The van der Waals surface area contributed by atoms with Gasteiger partial charge in [-0.05, 0) is 32.1 Å². The van der Waals surface area contributed by atoms with E-state index in [1.807, 2.05) is 4.90 Å². The van der Waals surface area contributed by atoms with Gasteiger partial charge in [0.2, 0.25) is 0 Å². The monoisotopic (exact) mass is 295 g/mol. The third kappa shape index (κ3) is 3.58. The van der Waals surface area contributed by atoms with Crippen LogP contribution in [-0.2, 0) is 9.53 Å². The standard InChI is InChI=1S/C16H29N3O2/c17-12-14-6-7-15(21-14)16(20)19-9-3-8-18(10-11-19)13-4-1-2-5-13/h13-15H,1-12,17H2/t14-,15+/m1/s1. The van der Waals surface area contributed by atoms with Crippen molar-refractivity contribution in [2.75, 3.05) is 32.7 Å². The molecule has 2 aliphatic heterocycles. The Morgan fingerprint density at radius 3 is 2.52 bits per heavy atom. The van der Waals surface area contributed by atoms with Crippen LogP contribution in [0, 0.1) is 0 Å². The van der Waals surface area contributed by atoms with Crippen molar-refractivity contribution in [1.82, 2.24) is 9.80 Å². The molecule has 5 nitrogen and oxygen atoms in total. The summed E-state index contributed by atoms with van der Waals surface area (Å²) in [4.78, 5) is 17.2. The number of hydrogen-bond acceptors (Lipinski definition) is 4. The second-order valence-electron chi connectivity index (χ2n) is 6.71. The van der Waals surface area contributed by atoms with Crippen LogP contribution in [0.3, 0.4) is 0 Å². The summed E-state index contributed by atoms with van der Waals surface area (Å²) in [6, 6.07) is 0.768. The largest absolute Gasteiger partial charge is 0.364 e. The summed E-state index contributed by atoms with van der Waals surface area (Å²) < 4.78 is 5.76. The minimum Gasteiger partial charge on any atom is -0.364 e. The molecule has 3 fully saturated rings. The first-order valence-electron chi connectivity index (χ1n) is 8.66. The lowest BCUT2D eigenvalue weighted by Gasteiger charge is -2.28. The molecule has 2 atom stereocenters. The first-order valence-corrected chi connectivity index (χ1v) is 8.66. The Bertz CT molecular complexity index is 357. The highest BCUT2D eigenvalue weighted by atomic mass is 16.5. The van der Waals surface area contributed by atoms with Gasteiger partial charge in [0.15, 0.2) is 0 Å². The van der Waals surface area contributed by atoms with E-state index in [9.17, 15) is 4.79 Å². The average molecular weight is 295 g/mol. The van der Waals surface area contributed by atoms with Gasteiger partial charge in [-0.1, -0.05) is 12.8 Å². The lowest BCUT2D eigenvalue weighted by Crippen LogP contribution is -2.42. The first-order chi connectivity index (χ1) is 10.3. The summed E-state index contributed by atoms with van der Waals surface area (Å²) in [6.07, 6.45) is 8.14. The van der Waals surface area contributed by atoms with Gasteiger partial charge in [0.25, 0.3) is 5.91 Å². The molecule has 120 valence electrons. The van der Waals surface area contributed by atoms with Crippen LogP contribution in [0.25, 0.3) is 0 Å². The molecule has 5 heteroatoms. The first kappa shape index (κ1) is 15.3. The molecule has 1 aliphatic carbocycles. The SMILES string of the molecule is NC[C@H]1CC[C@@H](C(=O)N2CCCN(C3CCCC3)CC2)O1. The highest BCUT2D eigenvalue weighted by molar-refractivity contribution is 5.81. The molecule has 1 saturated carbocycles. The maximum absolute atomic E-state index is 12.6. The van der Waals surface area contributed by atoms with Crippen molar-refractivity contribution >= 4 is 5.91 Å². The van der Waals surface area contributed by atoms with E-state index in [0.29, 0.717) is 6.54 Å². The molecule has 0 radical (unpaired) electrons. The van der Waals surface area contributed by atoms with E-state index >= 15 is 0 Å². The van der Waals surface area contributed by atoms with Crippen LogP contribution in [0.5, 0.6) is 0 Å². The van der Waals surface area contributed by atoms with Crippen LogP contribution >= 0.6 is 0 Å². The highest BCUT2D eigenvalue weighted by Gasteiger charge is 2.34. The lowest BCUT2D eigenvalue weighted by atomic mass is 10.2. The molecule has 0 aromatic carbocycles. The fourth-order valence-electron chi connectivity index (χ4n) is 4.06. The molecule has 2 saturated heterocycles. The summed E-state index contributed by atoms with van der Waals surface area (Å²) >= 11 is 0. The van der Waals surface area contributed by atoms with Gasteiger partial charge < -0.3 is 15.4 Å². The van der Waals surface area contributed by atoms with Gasteiger partial charge in [-0.3, -0.25) is 9.69 Å². The lowest BCUT2D eigenvalue weighted by molar-refractivity contribution is -0.142. The Hall–Kier alpha value is -0.650. The normalized spacial score (nSPS) is 32.5. The van der Waals surface area contributed by atoms with Gasteiger partial charge in [-0.25, -0.2) is 0 Å². The van der Waals surface area contributed by atoms with Crippen LogP contribution in [0.15, 0.2) is 0 Å². The molecule has 0 spiro atoms. The summed E-state index contributed by atoms with van der Waals surface area (Å²) in [5.41, 5.74) is 5.63. The van der Waals surface area contributed by atoms with E-state index in [0.717, 1.165) is 51.5 Å². The molecule has 2 heterocycles. The zero-order chi connectivity index (χ0) is 14.7. The number of rotatable bonds is 3. The fourth-order valence-corrected chi connectivity index (χ4v) is 4.06. The maximum Gasteiger partial charge on any atom is 0.251 e. The summed E-state index contributed by atoms with van der Waals surface area (Å²) in [7, 11) is 0. The number of amides is 1. The van der Waals surface area contributed by atoms with Crippen molar-refractivity contribution in [1.29, 1.82) is 0 Å². The number of hydrogen-bond donors (Lipinski definition) is 1. The van der Waals surface area contributed by atoms with Crippen LogP contribution in [0.4, 0.5) is 0 Å². The van der Waals surface area contributed by atoms with Crippen LogP contribution < -0.4 is 5.73 Å². The molecule has 21 heavy (non-hydrogen) atoms. The van der Waals surface area contributed by atoms with Gasteiger partial charge in [-0.15, -0.1) is 0 Å². The molecule has 3 rings (SSSR count). The van der Waals surface area contributed by atoms with Crippen molar-refractivity contribution in [2.24, 2.45) is 5.73 Å². The molecule has 0 unspecified atom stereocenters. The number of carbonyl (C=O) groups excluding carboxylic acids is 1. The number of ether oxygens (including phenoxy) is 1. The average Bonchev–Trinajstić information content (AvgIpc) is 3.14. The molecule has 0 aromatic rings. The van der Waals surface area contributed by atoms with E-state index < -0.39 is 0 Å². The smallest absolute Gasteiger partial charge is 0.251 e. The molecule has 1 amide bonds. The zero-order valence-electron chi connectivity index (χ0n) is 13.0. The highest BCUT2D eigenvalue weighted by Crippen LogP contribution is 2.25. The van der Waals surface area contributed by atoms with Crippen LogP contribution in [0.1, 0.15) is 44.9 Å². The molecular formula is C16H29N3O2. The van der Waals surface area contributed by atoms with E-state index in [-0.39, 0.29) is 18.1 Å². The van der Waals surface area contributed by atoms with Gasteiger partial charge in [0, 0.05) is 38.8 Å². The molecule has 3 aliphatic rings. The fraction of sp³-hybridized carbons (Fsp3) is 0.938. The minimum absolute atomic E-state index is 0.0842. The topological polar surface area (TPSA) is 58.8 Å². The molecule has 0 aromatic heterocycles. The van der Waals surface area contributed by atoms with Gasteiger partial charge in [0.05, 0.1) is 6.10 Å². The second kappa shape index (κ2) is 7.07. The predicted molar refractivity (Wildman–Crippen MR) is 82.0 cm³/mol. The minimum atomic E-state index is -0.239. The van der Waals surface area contributed by atoms with Crippen molar-refractivity contribution < 1.29 is 9.53 Å². The Labute approximate surface area is 127 Å². The summed E-state index contributed by atoms with van der Waals surface area (Å²) in [5.74, 6) is 0.194. The van der Waals surface area contributed by atoms with Gasteiger partial charge in [-0.2, -0.15) is 0 Å². The van der Waals surface area contributed by atoms with Crippen molar-refractivity contribution in [3.63, 3.8) is 0 Å². The Kier molecular flexibility index (Phi) is 5.14. The quantitative estimate of drug-likeness (QED) is 0.843. The summed E-state index contributed by atoms with van der Waals surface area (Å²) in [5, 5.41) is 0. The van der Waals surface area contributed by atoms with Gasteiger partial charge in [0.1, 0.15) is 6.10 Å². The third-order valence-electron chi connectivity index (χ3n) is 5.33. The van der Waals surface area contributed by atoms with Crippen molar-refractivity contribution in [3.05, 3.63) is 0 Å². The third-order valence-corrected chi connectivity index (χ3v) is 5.33. The number of nitrogens with zero attached hydrogens (tertiary/aromatic N) is 2. The van der Waals surface area contributed by atoms with E-state index in [1.165, 1.54) is 25.7 Å². The number of carbonyl (C=O) groups is 1. The van der Waals surface area contributed by atoms with Crippen LogP contribution in [0.2, 0.25) is 0 Å². The predicted octanol–water partition coefficient (Wildman–Crippen LogP) is 0.970. The molecule has 2 N–H and O–H groups in total. The maximum atomic E-state index is 12.6. The molecular weight excluding hydrogens is 266 g/mol.